The lowest BCUT2D eigenvalue weighted by Gasteiger charge is -2.18. The van der Waals surface area contributed by atoms with Crippen molar-refractivity contribution in [3.63, 3.8) is 0 Å². The second-order valence-corrected chi connectivity index (χ2v) is 3.70. The molecule has 0 unspecified atom stereocenters. The third-order valence-electron chi connectivity index (χ3n) is 2.74. The number of ether oxygens (including phenoxy) is 1. The molecule has 14 heavy (non-hydrogen) atoms. The van der Waals surface area contributed by atoms with E-state index >= 15 is 0 Å². The monoisotopic (exact) mass is 188 g/mol. The predicted octanol–water partition coefficient (Wildman–Crippen LogP) is 3.01. The first-order chi connectivity index (χ1) is 6.81. The molecule has 1 aliphatic rings. The minimum atomic E-state index is 0.771. The lowest BCUT2D eigenvalue weighted by atomic mass is 9.92. The Kier molecular flexibility index (Phi) is 2.58. The van der Waals surface area contributed by atoms with Crippen molar-refractivity contribution in [1.29, 1.82) is 0 Å². The van der Waals surface area contributed by atoms with Crippen LogP contribution in [0.5, 0.6) is 0 Å². The van der Waals surface area contributed by atoms with Gasteiger partial charge in [0.05, 0.1) is 12.4 Å². The van der Waals surface area contributed by atoms with Crippen molar-refractivity contribution in [3.05, 3.63) is 46.7 Å². The molecule has 0 saturated heterocycles. The molecule has 2 rings (SSSR count). The van der Waals surface area contributed by atoms with E-state index in [-0.39, 0.29) is 0 Å². The first kappa shape index (κ1) is 9.32. The van der Waals surface area contributed by atoms with Crippen LogP contribution in [-0.4, -0.2) is 6.61 Å². The van der Waals surface area contributed by atoms with E-state index in [1.165, 1.54) is 16.7 Å². The van der Waals surface area contributed by atoms with E-state index in [9.17, 15) is 0 Å². The van der Waals surface area contributed by atoms with Gasteiger partial charge in [0.15, 0.2) is 0 Å². The van der Waals surface area contributed by atoms with Crippen LogP contribution in [0.1, 0.15) is 23.6 Å². The van der Waals surface area contributed by atoms with E-state index in [0.717, 1.165) is 25.2 Å². The molecule has 0 radical (unpaired) electrons. The lowest BCUT2D eigenvalue weighted by molar-refractivity contribution is 0.220. The van der Waals surface area contributed by atoms with Gasteiger partial charge in [0.1, 0.15) is 0 Å². The van der Waals surface area contributed by atoms with Gasteiger partial charge < -0.3 is 4.74 Å². The topological polar surface area (TPSA) is 9.23 Å². The van der Waals surface area contributed by atoms with Crippen LogP contribution in [0.3, 0.4) is 0 Å². The van der Waals surface area contributed by atoms with Crippen molar-refractivity contribution in [2.45, 2.75) is 26.7 Å². The quantitative estimate of drug-likeness (QED) is 0.693. The van der Waals surface area contributed by atoms with Crippen molar-refractivity contribution in [2.24, 2.45) is 0 Å². The average molecular weight is 188 g/mol. The highest BCUT2D eigenvalue weighted by Gasteiger charge is 2.12. The van der Waals surface area contributed by atoms with Gasteiger partial charge in [0.2, 0.25) is 0 Å². The number of hydrogen-bond donors (Lipinski definition) is 0. The Hall–Kier alpha value is -1.24. The van der Waals surface area contributed by atoms with Gasteiger partial charge in [-0.25, -0.2) is 0 Å². The summed E-state index contributed by atoms with van der Waals surface area (Å²) in [5.74, 6) is 1.13. The molecule has 0 bridgehead atoms. The molecule has 0 amide bonds. The first-order valence-corrected chi connectivity index (χ1v) is 5.20. The van der Waals surface area contributed by atoms with Crippen LogP contribution in [0, 0.1) is 6.92 Å². The Morgan fingerprint density at radius 2 is 2.21 bits per heavy atom. The maximum absolute atomic E-state index is 5.56. The number of aryl methyl sites for hydroxylation is 1. The molecule has 0 fully saturated rings. The Bertz CT molecular complexity index is 363. The highest BCUT2D eigenvalue weighted by molar-refractivity contribution is 5.40. The van der Waals surface area contributed by atoms with Crippen molar-refractivity contribution < 1.29 is 4.74 Å². The summed E-state index contributed by atoms with van der Waals surface area (Å²) in [5.41, 5.74) is 4.29. The molecule has 1 aliphatic carbocycles. The van der Waals surface area contributed by atoms with Crippen molar-refractivity contribution in [2.75, 3.05) is 6.61 Å². The van der Waals surface area contributed by atoms with E-state index in [1.807, 2.05) is 6.92 Å². The summed E-state index contributed by atoms with van der Waals surface area (Å²) in [5, 5.41) is 0. The SMILES string of the molecule is CCOC1=CCc2cccc(C)c2C1. The third-order valence-corrected chi connectivity index (χ3v) is 2.74. The molecule has 1 aromatic rings. The summed E-state index contributed by atoms with van der Waals surface area (Å²) in [6, 6.07) is 6.52. The summed E-state index contributed by atoms with van der Waals surface area (Å²) >= 11 is 0. The first-order valence-electron chi connectivity index (χ1n) is 5.20. The molecule has 0 atom stereocenters. The van der Waals surface area contributed by atoms with Crippen LogP contribution in [0.25, 0.3) is 0 Å². The standard InChI is InChI=1S/C13H16O/c1-3-14-12-8-7-11-6-4-5-10(2)13(11)9-12/h4-6,8H,3,7,9H2,1-2H3. The fraction of sp³-hybridized carbons (Fsp3) is 0.385. The van der Waals surface area contributed by atoms with Crippen LogP contribution < -0.4 is 0 Å². The average Bonchev–Trinajstić information content (AvgIpc) is 2.20. The minimum absolute atomic E-state index is 0.771. The summed E-state index contributed by atoms with van der Waals surface area (Å²) in [6.07, 6.45) is 4.19. The maximum atomic E-state index is 5.56. The van der Waals surface area contributed by atoms with Crippen LogP contribution >= 0.6 is 0 Å². The molecule has 1 heteroatoms. The van der Waals surface area contributed by atoms with Gasteiger partial charge in [0.25, 0.3) is 0 Å². The normalized spacial score (nSPS) is 14.6. The molecule has 1 nitrogen and oxygen atoms in total. The van der Waals surface area contributed by atoms with Crippen LogP contribution in [0.4, 0.5) is 0 Å². The molecule has 0 N–H and O–H groups in total. The van der Waals surface area contributed by atoms with Gasteiger partial charge in [0, 0.05) is 6.42 Å². The zero-order valence-corrected chi connectivity index (χ0v) is 8.84. The molecule has 0 spiro atoms. The molecule has 1 aromatic carbocycles. The number of fused-ring (bicyclic) bond motifs is 1. The van der Waals surface area contributed by atoms with E-state index in [0.29, 0.717) is 0 Å². The van der Waals surface area contributed by atoms with E-state index < -0.39 is 0 Å². The highest BCUT2D eigenvalue weighted by atomic mass is 16.5. The molecule has 0 heterocycles. The number of rotatable bonds is 2. The Labute approximate surface area is 85.4 Å². The van der Waals surface area contributed by atoms with Gasteiger partial charge >= 0.3 is 0 Å². The van der Waals surface area contributed by atoms with Crippen LogP contribution in [0.2, 0.25) is 0 Å². The molecule has 0 aliphatic heterocycles. The van der Waals surface area contributed by atoms with Crippen LogP contribution in [0.15, 0.2) is 30.0 Å². The summed E-state index contributed by atoms with van der Waals surface area (Å²) in [6.45, 7) is 4.98. The van der Waals surface area contributed by atoms with E-state index in [2.05, 4.69) is 31.2 Å². The smallest absolute Gasteiger partial charge is 0.0967 e. The zero-order valence-electron chi connectivity index (χ0n) is 8.84. The number of allylic oxidation sites excluding steroid dienone is 2. The minimum Gasteiger partial charge on any atom is -0.498 e. The second kappa shape index (κ2) is 3.87. The summed E-state index contributed by atoms with van der Waals surface area (Å²) in [4.78, 5) is 0. The Balaban J connectivity index is 2.26. The maximum Gasteiger partial charge on any atom is 0.0967 e. The lowest BCUT2D eigenvalue weighted by Crippen LogP contribution is -2.07. The van der Waals surface area contributed by atoms with Gasteiger partial charge in [-0.1, -0.05) is 18.2 Å². The zero-order chi connectivity index (χ0) is 9.97. The largest absolute Gasteiger partial charge is 0.498 e. The van der Waals surface area contributed by atoms with Crippen LogP contribution in [-0.2, 0) is 17.6 Å². The predicted molar refractivity (Wildman–Crippen MR) is 58.3 cm³/mol. The van der Waals surface area contributed by atoms with Crippen molar-refractivity contribution >= 4 is 0 Å². The second-order valence-electron chi connectivity index (χ2n) is 3.70. The molecule has 0 saturated carbocycles. The molecule has 0 aromatic heterocycles. The van der Waals surface area contributed by atoms with Gasteiger partial charge in [-0.3, -0.25) is 0 Å². The van der Waals surface area contributed by atoms with Crippen molar-refractivity contribution in [3.8, 4) is 0 Å². The molecule has 74 valence electrons. The van der Waals surface area contributed by atoms with Gasteiger partial charge in [-0.05, 0) is 43.0 Å². The number of hydrogen-bond acceptors (Lipinski definition) is 1. The molecular formula is C13H16O. The number of benzene rings is 1. The van der Waals surface area contributed by atoms with Gasteiger partial charge in [-0.15, -0.1) is 0 Å². The van der Waals surface area contributed by atoms with E-state index in [1.54, 1.807) is 0 Å². The fourth-order valence-corrected chi connectivity index (χ4v) is 1.97. The third kappa shape index (κ3) is 1.67. The molecular weight excluding hydrogens is 172 g/mol. The van der Waals surface area contributed by atoms with E-state index in [4.69, 9.17) is 4.74 Å². The summed E-state index contributed by atoms with van der Waals surface area (Å²) in [7, 11) is 0. The fourth-order valence-electron chi connectivity index (χ4n) is 1.97. The Morgan fingerprint density at radius 3 is 3.00 bits per heavy atom. The van der Waals surface area contributed by atoms with Crippen molar-refractivity contribution in [1.82, 2.24) is 0 Å². The Morgan fingerprint density at radius 1 is 1.36 bits per heavy atom. The highest BCUT2D eigenvalue weighted by Crippen LogP contribution is 2.24. The summed E-state index contributed by atoms with van der Waals surface area (Å²) < 4.78 is 5.56. The van der Waals surface area contributed by atoms with Gasteiger partial charge in [-0.2, -0.15) is 0 Å².